The molecule has 0 amide bonds. The standard InChI is InChI=1S/C67H130O17P2/c1-9-59(7)45-37-29-21-13-11-12-14-23-33-41-49-66(71)83-62(53-77-64(69)47-39-31-22-17-15-19-27-35-43-57(3)4)55-81-85(73,74)79-51-61(68)52-80-86(75,76)82-56-63(54-78-65(70)48-40-32-26-25-30-38-46-60(8)10-2)84-67(72)50-42-34-24-18-16-20-28-36-44-58(5)6/h57-63,68H,9-56H2,1-8H3,(H,73,74)(H,75,76)/t59?,60?,61?,62-,63-/m1/s1. The Balaban J connectivity index is 5.27. The van der Waals surface area contributed by atoms with E-state index in [2.05, 4.69) is 55.4 Å². The fourth-order valence-corrected chi connectivity index (χ4v) is 11.5. The number of hydrogen-bond donors (Lipinski definition) is 3. The predicted molar refractivity (Wildman–Crippen MR) is 344 cm³/mol. The van der Waals surface area contributed by atoms with Gasteiger partial charge in [-0.25, -0.2) is 9.13 Å². The lowest BCUT2D eigenvalue weighted by atomic mass is 9.99. The van der Waals surface area contributed by atoms with Crippen molar-refractivity contribution in [1.82, 2.24) is 0 Å². The van der Waals surface area contributed by atoms with Crippen LogP contribution in [0, 0.1) is 23.7 Å². The summed E-state index contributed by atoms with van der Waals surface area (Å²) < 4.78 is 68.1. The first-order valence-electron chi connectivity index (χ1n) is 34.8. The monoisotopic (exact) mass is 1270 g/mol. The molecule has 0 spiro atoms. The van der Waals surface area contributed by atoms with Crippen LogP contribution in [-0.4, -0.2) is 96.7 Å². The van der Waals surface area contributed by atoms with Gasteiger partial charge in [-0.3, -0.25) is 37.3 Å². The summed E-state index contributed by atoms with van der Waals surface area (Å²) in [5.74, 6) is 0.842. The van der Waals surface area contributed by atoms with E-state index in [0.29, 0.717) is 25.7 Å². The zero-order valence-electron chi connectivity index (χ0n) is 55.9. The van der Waals surface area contributed by atoms with Crippen LogP contribution in [0.25, 0.3) is 0 Å². The minimum atomic E-state index is -4.95. The van der Waals surface area contributed by atoms with Crippen molar-refractivity contribution in [2.45, 2.75) is 343 Å². The van der Waals surface area contributed by atoms with Crippen LogP contribution in [0.5, 0.6) is 0 Å². The first kappa shape index (κ1) is 84.1. The maximum atomic E-state index is 13.0. The summed E-state index contributed by atoms with van der Waals surface area (Å²) in [5, 5.41) is 10.6. The normalized spacial score (nSPS) is 15.0. The van der Waals surface area contributed by atoms with Gasteiger partial charge in [-0.2, -0.15) is 0 Å². The Morgan fingerprint density at radius 3 is 0.826 bits per heavy atom. The van der Waals surface area contributed by atoms with Crippen molar-refractivity contribution in [3.05, 3.63) is 0 Å². The Morgan fingerprint density at radius 1 is 0.326 bits per heavy atom. The number of aliphatic hydroxyl groups is 1. The summed E-state index contributed by atoms with van der Waals surface area (Å²) in [4.78, 5) is 72.4. The molecule has 0 aromatic carbocycles. The van der Waals surface area contributed by atoms with E-state index < -0.39 is 97.5 Å². The quantitative estimate of drug-likeness (QED) is 0.0222. The number of ether oxygens (including phenoxy) is 4. The zero-order valence-corrected chi connectivity index (χ0v) is 57.7. The van der Waals surface area contributed by atoms with Crippen LogP contribution in [-0.2, 0) is 65.4 Å². The van der Waals surface area contributed by atoms with Crippen LogP contribution in [0.1, 0.15) is 325 Å². The van der Waals surface area contributed by atoms with Gasteiger partial charge in [0, 0.05) is 25.7 Å². The molecule has 0 rings (SSSR count). The summed E-state index contributed by atoms with van der Waals surface area (Å²) in [5.41, 5.74) is 0. The molecule has 0 bridgehead atoms. The van der Waals surface area contributed by atoms with E-state index in [0.717, 1.165) is 120 Å². The summed E-state index contributed by atoms with van der Waals surface area (Å²) >= 11 is 0. The Morgan fingerprint density at radius 2 is 0.558 bits per heavy atom. The molecule has 7 atom stereocenters. The van der Waals surface area contributed by atoms with E-state index in [1.54, 1.807) is 0 Å². The first-order valence-corrected chi connectivity index (χ1v) is 37.8. The summed E-state index contributed by atoms with van der Waals surface area (Å²) in [6.45, 7) is 14.0. The van der Waals surface area contributed by atoms with Crippen LogP contribution < -0.4 is 0 Å². The molecule has 0 aliphatic carbocycles. The predicted octanol–water partition coefficient (Wildman–Crippen LogP) is 18.5. The molecule has 0 aliphatic rings. The molecule has 0 aliphatic heterocycles. The van der Waals surface area contributed by atoms with Crippen molar-refractivity contribution in [2.75, 3.05) is 39.6 Å². The van der Waals surface area contributed by atoms with E-state index in [9.17, 15) is 43.2 Å². The number of hydrogen-bond acceptors (Lipinski definition) is 15. The fraction of sp³-hybridized carbons (Fsp3) is 0.940. The second-order valence-corrected chi connectivity index (χ2v) is 28.6. The van der Waals surface area contributed by atoms with Gasteiger partial charge in [0.15, 0.2) is 12.2 Å². The molecule has 19 heteroatoms. The molecule has 17 nitrogen and oxygen atoms in total. The molecule has 5 unspecified atom stereocenters. The second kappa shape index (κ2) is 57.0. The maximum Gasteiger partial charge on any atom is 0.472 e. The van der Waals surface area contributed by atoms with Crippen molar-refractivity contribution in [3.8, 4) is 0 Å². The highest BCUT2D eigenvalue weighted by molar-refractivity contribution is 7.47. The number of carbonyl (C=O) groups excluding carboxylic acids is 4. The van der Waals surface area contributed by atoms with Gasteiger partial charge in [-0.05, 0) is 49.4 Å². The number of unbranched alkanes of at least 4 members (excludes halogenated alkanes) is 28. The van der Waals surface area contributed by atoms with Crippen LogP contribution in [0.15, 0.2) is 0 Å². The molecule has 0 aromatic rings. The summed E-state index contributed by atoms with van der Waals surface area (Å²) in [7, 11) is -9.90. The molecular formula is C67H130O17P2. The van der Waals surface area contributed by atoms with Gasteiger partial charge in [-0.1, -0.05) is 274 Å². The highest BCUT2D eigenvalue weighted by Gasteiger charge is 2.30. The van der Waals surface area contributed by atoms with Gasteiger partial charge in [0.1, 0.15) is 19.3 Å². The molecule has 510 valence electrons. The molecule has 86 heavy (non-hydrogen) atoms. The second-order valence-electron chi connectivity index (χ2n) is 25.6. The Hall–Kier alpha value is -1.94. The van der Waals surface area contributed by atoms with Crippen LogP contribution in [0.3, 0.4) is 0 Å². The van der Waals surface area contributed by atoms with Crippen molar-refractivity contribution < 1.29 is 80.2 Å². The molecule has 0 saturated heterocycles. The Labute approximate surface area is 524 Å². The van der Waals surface area contributed by atoms with Gasteiger partial charge >= 0.3 is 39.5 Å². The number of carbonyl (C=O) groups is 4. The third-order valence-corrected chi connectivity index (χ3v) is 17.9. The van der Waals surface area contributed by atoms with Crippen molar-refractivity contribution in [3.63, 3.8) is 0 Å². The van der Waals surface area contributed by atoms with Crippen molar-refractivity contribution in [1.29, 1.82) is 0 Å². The van der Waals surface area contributed by atoms with Gasteiger partial charge in [-0.15, -0.1) is 0 Å². The minimum Gasteiger partial charge on any atom is -0.462 e. The van der Waals surface area contributed by atoms with Crippen LogP contribution in [0.2, 0.25) is 0 Å². The van der Waals surface area contributed by atoms with E-state index >= 15 is 0 Å². The SMILES string of the molecule is CCC(C)CCCCCCCCCCCCC(=O)O[C@H](COC(=O)CCCCCCCCCCC(C)C)COP(=O)(O)OCC(O)COP(=O)(O)OC[C@@H](COC(=O)CCCCCCCCC(C)CC)OC(=O)CCCCCCCCCCC(C)C. The van der Waals surface area contributed by atoms with E-state index in [4.69, 9.17) is 37.0 Å². The van der Waals surface area contributed by atoms with E-state index in [1.165, 1.54) is 122 Å². The number of esters is 4. The molecule has 3 N–H and O–H groups in total. The number of aliphatic hydroxyl groups excluding tert-OH is 1. The average molecular weight is 1270 g/mol. The third kappa shape index (κ3) is 58.4. The summed E-state index contributed by atoms with van der Waals surface area (Å²) in [6.07, 6.45) is 37.6. The lowest BCUT2D eigenvalue weighted by molar-refractivity contribution is -0.161. The molecule has 0 fully saturated rings. The number of phosphoric acid groups is 2. The van der Waals surface area contributed by atoms with Crippen molar-refractivity contribution in [2.24, 2.45) is 23.7 Å². The van der Waals surface area contributed by atoms with Gasteiger partial charge in [0.05, 0.1) is 26.4 Å². The highest BCUT2D eigenvalue weighted by Crippen LogP contribution is 2.45. The zero-order chi connectivity index (χ0) is 63.9. The Bertz CT molecular complexity index is 1720. The molecule has 0 radical (unpaired) electrons. The maximum absolute atomic E-state index is 13.0. The molecule has 0 aromatic heterocycles. The van der Waals surface area contributed by atoms with Crippen molar-refractivity contribution >= 4 is 39.5 Å². The van der Waals surface area contributed by atoms with Crippen LogP contribution >= 0.6 is 15.6 Å². The first-order chi connectivity index (χ1) is 41.2. The number of rotatable bonds is 64. The van der Waals surface area contributed by atoms with Gasteiger partial charge in [0.25, 0.3) is 0 Å². The Kier molecular flexibility index (Phi) is 55.7. The molecule has 0 heterocycles. The van der Waals surface area contributed by atoms with Gasteiger partial charge < -0.3 is 33.8 Å². The third-order valence-electron chi connectivity index (χ3n) is 16.0. The van der Waals surface area contributed by atoms with Gasteiger partial charge in [0.2, 0.25) is 0 Å². The van der Waals surface area contributed by atoms with E-state index in [1.807, 2.05) is 0 Å². The molecular weight excluding hydrogens is 1140 g/mol. The topological polar surface area (TPSA) is 237 Å². The largest absolute Gasteiger partial charge is 0.472 e. The van der Waals surface area contributed by atoms with E-state index in [-0.39, 0.29) is 25.7 Å². The molecule has 0 saturated carbocycles. The number of phosphoric ester groups is 2. The average Bonchev–Trinajstić information content (AvgIpc) is 3.69. The minimum absolute atomic E-state index is 0.103. The highest BCUT2D eigenvalue weighted by atomic mass is 31.2. The fourth-order valence-electron chi connectivity index (χ4n) is 9.89. The lowest BCUT2D eigenvalue weighted by Gasteiger charge is -2.21. The lowest BCUT2D eigenvalue weighted by Crippen LogP contribution is -2.30. The van der Waals surface area contributed by atoms with Crippen LogP contribution in [0.4, 0.5) is 0 Å². The summed E-state index contributed by atoms with van der Waals surface area (Å²) in [6, 6.07) is 0. The smallest absolute Gasteiger partial charge is 0.462 e.